The standard InChI is InChI=1S/C17H21ClN6O3/c18-13-4-1-2-5-14(13)22-17-15(24(25)26)16(20-12-21-17)19-6-3-7-23-8-10-27-11-9-23/h1-2,4-5,12H,3,6-11H2,(H2,19,20,21,22). The number of anilines is 3. The third kappa shape index (κ3) is 5.25. The molecule has 0 unspecified atom stereocenters. The zero-order valence-electron chi connectivity index (χ0n) is 14.7. The molecule has 2 N–H and O–H groups in total. The molecule has 1 fully saturated rings. The number of nitrogens with one attached hydrogen (secondary N) is 2. The largest absolute Gasteiger partial charge is 0.379 e. The van der Waals surface area contributed by atoms with E-state index in [4.69, 9.17) is 16.3 Å². The number of para-hydroxylation sites is 1. The number of ether oxygens (including phenoxy) is 1. The number of hydrogen-bond donors (Lipinski definition) is 2. The molecule has 0 amide bonds. The van der Waals surface area contributed by atoms with Gasteiger partial charge in [-0.15, -0.1) is 0 Å². The fraction of sp³-hybridized carbons (Fsp3) is 0.412. The summed E-state index contributed by atoms with van der Waals surface area (Å²) in [5.74, 6) is 0.283. The molecule has 0 bridgehead atoms. The number of benzene rings is 1. The summed E-state index contributed by atoms with van der Waals surface area (Å²) in [6.07, 6.45) is 2.13. The molecule has 1 aliphatic rings. The van der Waals surface area contributed by atoms with Crippen LogP contribution in [0.4, 0.5) is 23.0 Å². The lowest BCUT2D eigenvalue weighted by Crippen LogP contribution is -2.37. The molecule has 9 nitrogen and oxygen atoms in total. The molecule has 1 aliphatic heterocycles. The molecule has 1 saturated heterocycles. The summed E-state index contributed by atoms with van der Waals surface area (Å²) >= 11 is 6.12. The van der Waals surface area contributed by atoms with E-state index in [1.807, 2.05) is 0 Å². The molecule has 10 heteroatoms. The summed E-state index contributed by atoms with van der Waals surface area (Å²) in [7, 11) is 0. The molecule has 1 aromatic carbocycles. The molecule has 1 aromatic heterocycles. The summed E-state index contributed by atoms with van der Waals surface area (Å²) in [5.41, 5.74) is 0.336. The van der Waals surface area contributed by atoms with Gasteiger partial charge in [0, 0.05) is 19.6 Å². The van der Waals surface area contributed by atoms with Crippen molar-refractivity contribution in [2.24, 2.45) is 0 Å². The first kappa shape index (κ1) is 19.3. The smallest absolute Gasteiger partial charge is 0.353 e. The van der Waals surface area contributed by atoms with Crippen molar-refractivity contribution in [2.75, 3.05) is 50.0 Å². The van der Waals surface area contributed by atoms with Crippen molar-refractivity contribution in [3.63, 3.8) is 0 Å². The summed E-state index contributed by atoms with van der Waals surface area (Å²) in [4.78, 5) is 21.5. The first-order chi connectivity index (χ1) is 13.1. The highest BCUT2D eigenvalue weighted by molar-refractivity contribution is 6.33. The Morgan fingerprint density at radius 1 is 1.22 bits per heavy atom. The molecule has 3 rings (SSSR count). The van der Waals surface area contributed by atoms with Crippen LogP contribution in [0.25, 0.3) is 0 Å². The van der Waals surface area contributed by atoms with Crippen molar-refractivity contribution < 1.29 is 9.66 Å². The van der Waals surface area contributed by atoms with Gasteiger partial charge in [-0.25, -0.2) is 9.97 Å². The van der Waals surface area contributed by atoms with E-state index in [9.17, 15) is 10.1 Å². The van der Waals surface area contributed by atoms with E-state index >= 15 is 0 Å². The lowest BCUT2D eigenvalue weighted by atomic mass is 10.3. The zero-order chi connectivity index (χ0) is 19.1. The molecule has 2 heterocycles. The first-order valence-corrected chi connectivity index (χ1v) is 9.08. The predicted molar refractivity (Wildman–Crippen MR) is 104 cm³/mol. The quantitative estimate of drug-likeness (QED) is 0.401. The Labute approximate surface area is 161 Å². The molecular formula is C17H21ClN6O3. The summed E-state index contributed by atoms with van der Waals surface area (Å²) in [6, 6.07) is 6.99. The second-order valence-electron chi connectivity index (χ2n) is 6.02. The number of hydrogen-bond acceptors (Lipinski definition) is 8. The lowest BCUT2D eigenvalue weighted by Gasteiger charge is -2.26. The van der Waals surface area contributed by atoms with Gasteiger partial charge in [-0.05, 0) is 25.1 Å². The maximum absolute atomic E-state index is 11.6. The van der Waals surface area contributed by atoms with Crippen LogP contribution >= 0.6 is 11.6 Å². The highest BCUT2D eigenvalue weighted by atomic mass is 35.5. The number of halogens is 1. The van der Waals surface area contributed by atoms with Gasteiger partial charge in [0.1, 0.15) is 6.33 Å². The highest BCUT2D eigenvalue weighted by Gasteiger charge is 2.23. The minimum absolute atomic E-state index is 0.0961. The summed E-state index contributed by atoms with van der Waals surface area (Å²) in [6.45, 7) is 4.81. The van der Waals surface area contributed by atoms with Crippen LogP contribution in [-0.4, -0.2) is 59.2 Å². The Kier molecular flexibility index (Phi) is 6.74. The van der Waals surface area contributed by atoms with Gasteiger partial charge >= 0.3 is 5.69 Å². The van der Waals surface area contributed by atoms with Crippen molar-refractivity contribution in [2.45, 2.75) is 6.42 Å². The monoisotopic (exact) mass is 392 g/mol. The van der Waals surface area contributed by atoms with Crippen LogP contribution in [0, 0.1) is 10.1 Å². The van der Waals surface area contributed by atoms with E-state index in [-0.39, 0.29) is 17.3 Å². The van der Waals surface area contributed by atoms with Crippen LogP contribution in [0.1, 0.15) is 6.42 Å². The van der Waals surface area contributed by atoms with Crippen molar-refractivity contribution >= 4 is 34.6 Å². The topological polar surface area (TPSA) is 105 Å². The van der Waals surface area contributed by atoms with Crippen LogP contribution < -0.4 is 10.6 Å². The number of aromatic nitrogens is 2. The van der Waals surface area contributed by atoms with Gasteiger partial charge in [0.25, 0.3) is 0 Å². The number of nitrogens with zero attached hydrogens (tertiary/aromatic N) is 4. The number of rotatable bonds is 8. The molecule has 0 saturated carbocycles. The van der Waals surface area contributed by atoms with Crippen LogP contribution in [0.15, 0.2) is 30.6 Å². The SMILES string of the molecule is O=[N+]([O-])c1c(NCCCN2CCOCC2)ncnc1Nc1ccccc1Cl. The van der Waals surface area contributed by atoms with Gasteiger partial charge < -0.3 is 15.4 Å². The van der Waals surface area contributed by atoms with E-state index in [1.165, 1.54) is 6.33 Å². The summed E-state index contributed by atoms with van der Waals surface area (Å²) < 4.78 is 5.32. The maximum Gasteiger partial charge on any atom is 0.353 e. The summed E-state index contributed by atoms with van der Waals surface area (Å²) in [5, 5.41) is 18.0. The fourth-order valence-electron chi connectivity index (χ4n) is 2.80. The lowest BCUT2D eigenvalue weighted by molar-refractivity contribution is -0.383. The van der Waals surface area contributed by atoms with Crippen LogP contribution in [0.5, 0.6) is 0 Å². The molecule has 0 spiro atoms. The van der Waals surface area contributed by atoms with Crippen LogP contribution in [-0.2, 0) is 4.74 Å². The van der Waals surface area contributed by atoms with Gasteiger partial charge in [-0.1, -0.05) is 23.7 Å². The minimum Gasteiger partial charge on any atom is -0.379 e. The third-order valence-electron chi connectivity index (χ3n) is 4.18. The van der Waals surface area contributed by atoms with E-state index in [0.717, 1.165) is 39.3 Å². The first-order valence-electron chi connectivity index (χ1n) is 8.70. The van der Waals surface area contributed by atoms with Crippen molar-refractivity contribution in [1.29, 1.82) is 0 Å². The minimum atomic E-state index is -0.497. The van der Waals surface area contributed by atoms with Gasteiger partial charge in [-0.3, -0.25) is 15.0 Å². The van der Waals surface area contributed by atoms with E-state index < -0.39 is 4.92 Å². The Bertz CT molecular complexity index is 785. The Balaban J connectivity index is 1.66. The Hall–Kier alpha value is -2.49. The maximum atomic E-state index is 11.6. The van der Waals surface area contributed by atoms with Gasteiger partial charge in [-0.2, -0.15) is 0 Å². The van der Waals surface area contributed by atoms with Gasteiger partial charge in [0.15, 0.2) is 0 Å². The fourth-order valence-corrected chi connectivity index (χ4v) is 2.98. The van der Waals surface area contributed by atoms with E-state index in [2.05, 4.69) is 25.5 Å². The van der Waals surface area contributed by atoms with Gasteiger partial charge in [0.2, 0.25) is 11.6 Å². The molecule has 0 aliphatic carbocycles. The number of nitro groups is 1. The molecule has 27 heavy (non-hydrogen) atoms. The predicted octanol–water partition coefficient (Wildman–Crippen LogP) is 2.92. The normalized spacial score (nSPS) is 14.7. The number of morpholine rings is 1. The molecule has 0 atom stereocenters. The molecule has 0 radical (unpaired) electrons. The van der Waals surface area contributed by atoms with Crippen molar-refractivity contribution in [1.82, 2.24) is 14.9 Å². The van der Waals surface area contributed by atoms with Crippen molar-refractivity contribution in [3.8, 4) is 0 Å². The van der Waals surface area contributed by atoms with Crippen LogP contribution in [0.3, 0.4) is 0 Å². The molecule has 144 valence electrons. The molecule has 2 aromatic rings. The second kappa shape index (κ2) is 9.45. The second-order valence-corrected chi connectivity index (χ2v) is 6.42. The van der Waals surface area contributed by atoms with Gasteiger partial charge in [0.05, 0.1) is 28.8 Å². The average Bonchev–Trinajstić information content (AvgIpc) is 2.68. The molecular weight excluding hydrogens is 372 g/mol. The third-order valence-corrected chi connectivity index (χ3v) is 4.51. The van der Waals surface area contributed by atoms with E-state index in [0.29, 0.717) is 17.3 Å². The Morgan fingerprint density at radius 3 is 2.70 bits per heavy atom. The highest BCUT2D eigenvalue weighted by Crippen LogP contribution is 2.33. The van der Waals surface area contributed by atoms with Crippen LogP contribution in [0.2, 0.25) is 5.02 Å². The average molecular weight is 393 g/mol. The Morgan fingerprint density at radius 2 is 1.96 bits per heavy atom. The van der Waals surface area contributed by atoms with E-state index in [1.54, 1.807) is 24.3 Å². The zero-order valence-corrected chi connectivity index (χ0v) is 15.5. The van der Waals surface area contributed by atoms with Crippen molar-refractivity contribution in [3.05, 3.63) is 45.7 Å².